The highest BCUT2D eigenvalue weighted by Crippen LogP contribution is 2.69. The maximum Gasteiger partial charge on any atom is 0.173 e. The van der Waals surface area contributed by atoms with E-state index in [2.05, 4.69) is 67.6 Å². The quantitative estimate of drug-likeness (QED) is 0.735. The minimum absolute atomic E-state index is 0.0171. The van der Waals surface area contributed by atoms with Crippen molar-refractivity contribution in [2.45, 2.75) is 50.6 Å². The van der Waals surface area contributed by atoms with Crippen molar-refractivity contribution in [2.24, 2.45) is 11.3 Å². The van der Waals surface area contributed by atoms with Gasteiger partial charge in [-0.1, -0.05) is 67.6 Å². The minimum Gasteiger partial charge on any atom is -0.339 e. The van der Waals surface area contributed by atoms with E-state index in [-0.39, 0.29) is 18.0 Å². The lowest BCUT2D eigenvalue weighted by Crippen LogP contribution is -2.38. The number of ether oxygens (including phenoxy) is 2. The van der Waals surface area contributed by atoms with Gasteiger partial charge in [0.15, 0.2) is 5.79 Å². The molecule has 0 unspecified atom stereocenters. The first kappa shape index (κ1) is 14.7. The Kier molecular flexibility index (Phi) is 3.17. The monoisotopic (exact) mass is 320 g/mol. The first-order valence-corrected chi connectivity index (χ1v) is 9.16. The van der Waals surface area contributed by atoms with Crippen LogP contribution in [0.3, 0.4) is 0 Å². The fraction of sp³-hybridized carbons (Fsp3) is 0.455. The average molecular weight is 320 g/mol. The standard InChI is InChI=1S/C22H24O2/c1-21-13-8-14-22(18(21)15-21)23-19(16-9-4-2-5-10-16)20(24-22)17-11-6-3-7-12-17/h2-7,9-12,18-20H,8,13-15H2,1H3/t18-,19+,20+,21+/m0/s1. The van der Waals surface area contributed by atoms with E-state index < -0.39 is 0 Å². The Balaban J connectivity index is 1.54. The van der Waals surface area contributed by atoms with Crippen LogP contribution in [-0.4, -0.2) is 5.79 Å². The summed E-state index contributed by atoms with van der Waals surface area (Å²) in [5, 5.41) is 0. The van der Waals surface area contributed by atoms with Crippen molar-refractivity contribution in [3.63, 3.8) is 0 Å². The largest absolute Gasteiger partial charge is 0.339 e. The molecule has 0 N–H and O–H groups in total. The molecule has 0 aromatic heterocycles. The smallest absolute Gasteiger partial charge is 0.173 e. The predicted octanol–water partition coefficient (Wildman–Crippen LogP) is 5.42. The van der Waals surface area contributed by atoms with Crippen LogP contribution in [0.15, 0.2) is 60.7 Å². The van der Waals surface area contributed by atoms with Crippen molar-refractivity contribution in [3.8, 4) is 0 Å². The molecule has 5 rings (SSSR count). The lowest BCUT2D eigenvalue weighted by molar-refractivity contribution is -0.212. The molecule has 4 atom stereocenters. The summed E-state index contributed by atoms with van der Waals surface area (Å²) < 4.78 is 13.5. The molecule has 1 aliphatic heterocycles. The number of fused-ring (bicyclic) bond motifs is 2. The molecule has 0 bridgehead atoms. The molecular weight excluding hydrogens is 296 g/mol. The first-order chi connectivity index (χ1) is 11.7. The van der Waals surface area contributed by atoms with E-state index in [1.165, 1.54) is 30.4 Å². The Morgan fingerprint density at radius 2 is 1.33 bits per heavy atom. The normalized spacial score (nSPS) is 36.5. The highest BCUT2D eigenvalue weighted by atomic mass is 16.8. The third-order valence-electron chi connectivity index (χ3n) is 6.34. The third kappa shape index (κ3) is 2.17. The Labute approximate surface area is 143 Å². The molecule has 2 aromatic carbocycles. The topological polar surface area (TPSA) is 18.5 Å². The van der Waals surface area contributed by atoms with Crippen LogP contribution >= 0.6 is 0 Å². The van der Waals surface area contributed by atoms with Crippen molar-refractivity contribution in [2.75, 3.05) is 0 Å². The van der Waals surface area contributed by atoms with Crippen molar-refractivity contribution in [1.29, 1.82) is 0 Å². The fourth-order valence-electron chi connectivity index (χ4n) is 4.92. The summed E-state index contributed by atoms with van der Waals surface area (Å²) in [6.45, 7) is 2.40. The lowest BCUT2D eigenvalue weighted by atomic mass is 9.86. The van der Waals surface area contributed by atoms with E-state index in [1.54, 1.807) is 0 Å². The van der Waals surface area contributed by atoms with E-state index in [9.17, 15) is 0 Å². The summed E-state index contributed by atoms with van der Waals surface area (Å²) in [4.78, 5) is 0. The second-order valence-electron chi connectivity index (χ2n) is 7.97. The van der Waals surface area contributed by atoms with Gasteiger partial charge >= 0.3 is 0 Å². The van der Waals surface area contributed by atoms with E-state index in [4.69, 9.17) is 9.47 Å². The third-order valence-corrected chi connectivity index (χ3v) is 6.34. The Morgan fingerprint density at radius 1 is 0.792 bits per heavy atom. The Morgan fingerprint density at radius 3 is 1.88 bits per heavy atom. The molecule has 124 valence electrons. The molecule has 24 heavy (non-hydrogen) atoms. The molecule has 1 spiro atoms. The number of rotatable bonds is 2. The fourth-order valence-corrected chi connectivity index (χ4v) is 4.92. The number of hydrogen-bond acceptors (Lipinski definition) is 2. The summed E-state index contributed by atoms with van der Waals surface area (Å²) in [7, 11) is 0. The number of benzene rings is 2. The first-order valence-electron chi connectivity index (χ1n) is 9.16. The van der Waals surface area contributed by atoms with Gasteiger partial charge in [0.2, 0.25) is 0 Å². The molecule has 2 aliphatic carbocycles. The van der Waals surface area contributed by atoms with E-state index >= 15 is 0 Å². The van der Waals surface area contributed by atoms with Crippen molar-refractivity contribution in [1.82, 2.24) is 0 Å². The molecular formula is C22H24O2. The molecule has 3 aliphatic rings. The van der Waals surface area contributed by atoms with Crippen LogP contribution in [0.5, 0.6) is 0 Å². The second kappa shape index (κ2) is 5.18. The second-order valence-corrected chi connectivity index (χ2v) is 7.97. The summed E-state index contributed by atoms with van der Waals surface area (Å²) in [5.74, 6) is 0.173. The summed E-state index contributed by atoms with van der Waals surface area (Å²) in [6, 6.07) is 21.1. The van der Waals surface area contributed by atoms with E-state index in [0.717, 1.165) is 6.42 Å². The molecule has 0 amide bonds. The SMILES string of the molecule is C[C@]12CCCC3(O[C@H](c4ccccc4)[C@@H](c4ccccc4)O3)[C@H]1C2. The van der Waals surface area contributed by atoms with Gasteiger partial charge in [-0.25, -0.2) is 0 Å². The van der Waals surface area contributed by atoms with Gasteiger partial charge in [0.25, 0.3) is 0 Å². The molecule has 2 heteroatoms. The lowest BCUT2D eigenvalue weighted by Gasteiger charge is -2.35. The summed E-state index contributed by atoms with van der Waals surface area (Å²) in [6.07, 6.45) is 4.76. The molecule has 1 saturated heterocycles. The van der Waals surface area contributed by atoms with Crippen molar-refractivity contribution in [3.05, 3.63) is 71.8 Å². The van der Waals surface area contributed by atoms with Crippen LogP contribution in [0.25, 0.3) is 0 Å². The maximum atomic E-state index is 6.74. The molecule has 2 nitrogen and oxygen atoms in total. The van der Waals surface area contributed by atoms with Gasteiger partial charge in [-0.05, 0) is 35.8 Å². The minimum atomic E-state index is -0.381. The van der Waals surface area contributed by atoms with Gasteiger partial charge in [0.05, 0.1) is 0 Å². The van der Waals surface area contributed by atoms with Gasteiger partial charge < -0.3 is 9.47 Å². The van der Waals surface area contributed by atoms with Gasteiger partial charge in [-0.2, -0.15) is 0 Å². The Hall–Kier alpha value is -1.64. The van der Waals surface area contributed by atoms with Crippen LogP contribution < -0.4 is 0 Å². The van der Waals surface area contributed by atoms with E-state index in [0.29, 0.717) is 11.3 Å². The molecule has 2 aromatic rings. The van der Waals surface area contributed by atoms with E-state index in [1.807, 2.05) is 0 Å². The van der Waals surface area contributed by atoms with Gasteiger partial charge in [-0.3, -0.25) is 0 Å². The van der Waals surface area contributed by atoms with Gasteiger partial charge in [0.1, 0.15) is 12.2 Å². The average Bonchev–Trinajstić information content (AvgIpc) is 3.19. The van der Waals surface area contributed by atoms with Gasteiger partial charge in [0, 0.05) is 12.3 Å². The van der Waals surface area contributed by atoms with Gasteiger partial charge in [-0.15, -0.1) is 0 Å². The number of hydrogen-bond donors (Lipinski definition) is 0. The van der Waals surface area contributed by atoms with Crippen LogP contribution in [0.4, 0.5) is 0 Å². The molecule has 3 fully saturated rings. The molecule has 0 radical (unpaired) electrons. The molecule has 2 saturated carbocycles. The van der Waals surface area contributed by atoms with Crippen molar-refractivity contribution >= 4 is 0 Å². The Bertz CT molecular complexity index is 679. The predicted molar refractivity (Wildman–Crippen MR) is 93.3 cm³/mol. The zero-order valence-corrected chi connectivity index (χ0v) is 14.2. The van der Waals surface area contributed by atoms with Crippen LogP contribution in [0.1, 0.15) is 55.9 Å². The van der Waals surface area contributed by atoms with Crippen LogP contribution in [0.2, 0.25) is 0 Å². The zero-order chi connectivity index (χ0) is 16.2. The highest BCUT2D eigenvalue weighted by Gasteiger charge is 2.68. The van der Waals surface area contributed by atoms with Crippen LogP contribution in [-0.2, 0) is 9.47 Å². The molecule has 1 heterocycles. The maximum absolute atomic E-state index is 6.74. The summed E-state index contributed by atoms with van der Waals surface area (Å²) in [5.41, 5.74) is 2.87. The van der Waals surface area contributed by atoms with Crippen molar-refractivity contribution < 1.29 is 9.47 Å². The highest BCUT2D eigenvalue weighted by molar-refractivity contribution is 5.28. The summed E-state index contributed by atoms with van der Waals surface area (Å²) >= 11 is 0. The van der Waals surface area contributed by atoms with Crippen LogP contribution in [0, 0.1) is 11.3 Å². The zero-order valence-electron chi connectivity index (χ0n) is 14.2.